The number of guanidine groups is 1. The van der Waals surface area contributed by atoms with Crippen LogP contribution in [0.15, 0.2) is 23.2 Å². The van der Waals surface area contributed by atoms with Gasteiger partial charge in [0.05, 0.1) is 16.3 Å². The van der Waals surface area contributed by atoms with Crippen molar-refractivity contribution >= 4 is 23.2 Å². The van der Waals surface area contributed by atoms with Crippen molar-refractivity contribution in [3.05, 3.63) is 28.8 Å². The third-order valence-electron chi connectivity index (χ3n) is 2.09. The quantitative estimate of drug-likeness (QED) is 0.340. The van der Waals surface area contributed by atoms with Crippen molar-refractivity contribution in [2.24, 2.45) is 10.8 Å². The summed E-state index contributed by atoms with van der Waals surface area (Å²) in [5.74, 6) is 5.22. The van der Waals surface area contributed by atoms with Crippen molar-refractivity contribution in [2.75, 3.05) is 5.32 Å². The first-order chi connectivity index (χ1) is 8.75. The minimum absolute atomic E-state index is 0.00796. The lowest BCUT2D eigenvalue weighted by molar-refractivity contribution is -0.136. The fourth-order valence-corrected chi connectivity index (χ4v) is 1.59. The number of anilines is 1. The first-order valence-electron chi connectivity index (χ1n) is 5.43. The van der Waals surface area contributed by atoms with Gasteiger partial charge in [0.2, 0.25) is 5.96 Å². The molecule has 0 saturated heterocycles. The minimum atomic E-state index is -4.52. The molecule has 4 nitrogen and oxygen atoms in total. The average Bonchev–Trinajstić information content (AvgIpc) is 2.28. The standard InChI is InChI=1S/C11H14ClF3N4/c1-6(2)17-10(19-16)18-9-7(11(13,14)15)4-3-5-8(9)12/h3-6H,16H2,1-2H3,(H2,17,18,19). The molecule has 0 fully saturated rings. The van der Waals surface area contributed by atoms with Crippen LogP contribution in [0.3, 0.4) is 0 Å². The lowest BCUT2D eigenvalue weighted by atomic mass is 10.1. The molecule has 0 aliphatic heterocycles. The van der Waals surface area contributed by atoms with Gasteiger partial charge in [-0.25, -0.2) is 10.8 Å². The Labute approximate surface area is 113 Å². The molecule has 0 unspecified atom stereocenters. The van der Waals surface area contributed by atoms with E-state index in [2.05, 4.69) is 15.7 Å². The predicted octanol–water partition coefficient (Wildman–Crippen LogP) is 3.00. The van der Waals surface area contributed by atoms with E-state index >= 15 is 0 Å². The topological polar surface area (TPSA) is 62.4 Å². The number of alkyl halides is 3. The monoisotopic (exact) mass is 294 g/mol. The molecule has 0 atom stereocenters. The van der Waals surface area contributed by atoms with Gasteiger partial charge < -0.3 is 5.32 Å². The van der Waals surface area contributed by atoms with Gasteiger partial charge in [0.1, 0.15) is 0 Å². The molecule has 1 aromatic carbocycles. The van der Waals surface area contributed by atoms with Crippen molar-refractivity contribution in [1.82, 2.24) is 5.43 Å². The fraction of sp³-hybridized carbons (Fsp3) is 0.364. The van der Waals surface area contributed by atoms with Gasteiger partial charge in [0, 0.05) is 6.04 Å². The SMILES string of the molecule is CC(C)N=C(NN)Nc1c(Cl)cccc1C(F)(F)F. The van der Waals surface area contributed by atoms with Gasteiger partial charge in [-0.3, -0.25) is 5.43 Å². The summed E-state index contributed by atoms with van der Waals surface area (Å²) in [6, 6.07) is 3.36. The van der Waals surface area contributed by atoms with Crippen molar-refractivity contribution in [1.29, 1.82) is 0 Å². The molecule has 0 heterocycles. The Kier molecular flexibility index (Phi) is 5.02. The number of benzene rings is 1. The van der Waals surface area contributed by atoms with E-state index in [1.807, 2.05) is 0 Å². The van der Waals surface area contributed by atoms with E-state index in [9.17, 15) is 13.2 Å². The summed E-state index contributed by atoms with van der Waals surface area (Å²) in [4.78, 5) is 4.00. The van der Waals surface area contributed by atoms with E-state index in [1.165, 1.54) is 12.1 Å². The van der Waals surface area contributed by atoms with Crippen LogP contribution in [0.1, 0.15) is 19.4 Å². The highest BCUT2D eigenvalue weighted by atomic mass is 35.5. The van der Waals surface area contributed by atoms with E-state index in [0.29, 0.717) is 0 Å². The summed E-state index contributed by atoms with van der Waals surface area (Å²) in [5.41, 5.74) is 1.03. The Hall–Kier alpha value is -1.47. The molecule has 0 radical (unpaired) electrons. The van der Waals surface area contributed by atoms with E-state index in [4.69, 9.17) is 17.4 Å². The van der Waals surface area contributed by atoms with Gasteiger partial charge in [-0.1, -0.05) is 17.7 Å². The zero-order valence-electron chi connectivity index (χ0n) is 10.3. The van der Waals surface area contributed by atoms with Crippen LogP contribution in [0, 0.1) is 0 Å². The molecular weight excluding hydrogens is 281 g/mol. The molecule has 1 aromatic rings. The lowest BCUT2D eigenvalue weighted by Crippen LogP contribution is -2.37. The van der Waals surface area contributed by atoms with Crippen LogP contribution in [0.2, 0.25) is 5.02 Å². The number of hydrazine groups is 1. The average molecular weight is 295 g/mol. The summed E-state index contributed by atoms with van der Waals surface area (Å²) in [5, 5.41) is 2.40. The molecule has 4 N–H and O–H groups in total. The van der Waals surface area contributed by atoms with Crippen molar-refractivity contribution in [3.63, 3.8) is 0 Å². The van der Waals surface area contributed by atoms with Gasteiger partial charge in [0.15, 0.2) is 0 Å². The molecule has 19 heavy (non-hydrogen) atoms. The van der Waals surface area contributed by atoms with E-state index < -0.39 is 11.7 Å². The molecule has 8 heteroatoms. The molecule has 0 spiro atoms. The van der Waals surface area contributed by atoms with Crippen LogP contribution in [0.25, 0.3) is 0 Å². The number of halogens is 4. The van der Waals surface area contributed by atoms with Crippen LogP contribution < -0.4 is 16.6 Å². The summed E-state index contributed by atoms with van der Waals surface area (Å²) in [6.07, 6.45) is -4.52. The number of nitrogens with one attached hydrogen (secondary N) is 2. The molecule has 0 aromatic heterocycles. The highest BCUT2D eigenvalue weighted by Crippen LogP contribution is 2.38. The largest absolute Gasteiger partial charge is 0.418 e. The van der Waals surface area contributed by atoms with Crippen LogP contribution in [-0.2, 0) is 6.18 Å². The first-order valence-corrected chi connectivity index (χ1v) is 5.80. The number of hydrogen-bond acceptors (Lipinski definition) is 2. The molecule has 0 bridgehead atoms. The zero-order valence-corrected chi connectivity index (χ0v) is 11.1. The number of hydrogen-bond donors (Lipinski definition) is 3. The Morgan fingerprint density at radius 3 is 2.47 bits per heavy atom. The maximum Gasteiger partial charge on any atom is 0.418 e. The highest BCUT2D eigenvalue weighted by molar-refractivity contribution is 6.34. The fourth-order valence-electron chi connectivity index (χ4n) is 1.37. The smallest absolute Gasteiger partial charge is 0.323 e. The number of nitrogens with two attached hydrogens (primary N) is 1. The van der Waals surface area contributed by atoms with Gasteiger partial charge in [-0.2, -0.15) is 13.2 Å². The van der Waals surface area contributed by atoms with E-state index in [1.54, 1.807) is 13.8 Å². The van der Waals surface area contributed by atoms with Crippen LogP contribution >= 0.6 is 11.6 Å². The number of nitrogens with zero attached hydrogens (tertiary/aromatic N) is 1. The second kappa shape index (κ2) is 6.12. The summed E-state index contributed by atoms with van der Waals surface area (Å²) in [6.45, 7) is 3.52. The van der Waals surface area contributed by atoms with Crippen molar-refractivity contribution in [2.45, 2.75) is 26.1 Å². The molecule has 0 amide bonds. The number of para-hydroxylation sites is 1. The molecule has 0 aliphatic rings. The summed E-state index contributed by atoms with van der Waals surface area (Å²) in [7, 11) is 0. The normalized spacial score (nSPS) is 12.7. The lowest BCUT2D eigenvalue weighted by Gasteiger charge is -2.17. The van der Waals surface area contributed by atoms with Gasteiger partial charge in [-0.05, 0) is 26.0 Å². The zero-order chi connectivity index (χ0) is 14.6. The van der Waals surface area contributed by atoms with Gasteiger partial charge >= 0.3 is 6.18 Å². The Balaban J connectivity index is 3.20. The van der Waals surface area contributed by atoms with Crippen LogP contribution in [0.5, 0.6) is 0 Å². The maximum absolute atomic E-state index is 12.9. The van der Waals surface area contributed by atoms with Crippen molar-refractivity contribution < 1.29 is 13.2 Å². The van der Waals surface area contributed by atoms with Gasteiger partial charge in [0.25, 0.3) is 0 Å². The second-order valence-electron chi connectivity index (χ2n) is 4.00. The van der Waals surface area contributed by atoms with Gasteiger partial charge in [-0.15, -0.1) is 0 Å². The third kappa shape index (κ3) is 4.29. The third-order valence-corrected chi connectivity index (χ3v) is 2.40. The maximum atomic E-state index is 12.9. The molecule has 0 saturated carbocycles. The van der Waals surface area contributed by atoms with Crippen LogP contribution in [0.4, 0.5) is 18.9 Å². The van der Waals surface area contributed by atoms with Crippen LogP contribution in [-0.4, -0.2) is 12.0 Å². The molecule has 0 aliphatic carbocycles. The second-order valence-corrected chi connectivity index (χ2v) is 4.41. The predicted molar refractivity (Wildman–Crippen MR) is 70.0 cm³/mol. The Morgan fingerprint density at radius 2 is 2.00 bits per heavy atom. The number of aliphatic imine (C=N–C) groups is 1. The molecule has 106 valence electrons. The minimum Gasteiger partial charge on any atom is -0.323 e. The first kappa shape index (κ1) is 15.6. The van der Waals surface area contributed by atoms with E-state index in [0.717, 1.165) is 6.07 Å². The molecule has 1 rings (SSSR count). The summed E-state index contributed by atoms with van der Waals surface area (Å²) < 4.78 is 38.6. The highest BCUT2D eigenvalue weighted by Gasteiger charge is 2.34. The van der Waals surface area contributed by atoms with E-state index in [-0.39, 0.29) is 22.7 Å². The summed E-state index contributed by atoms with van der Waals surface area (Å²) >= 11 is 5.79. The Bertz CT molecular complexity index is 471. The molecular formula is C11H14ClF3N4. The Morgan fingerprint density at radius 1 is 1.37 bits per heavy atom. The van der Waals surface area contributed by atoms with Crippen molar-refractivity contribution in [3.8, 4) is 0 Å². The number of rotatable bonds is 2.